The van der Waals surface area contributed by atoms with Crippen molar-refractivity contribution in [3.05, 3.63) is 28.8 Å². The predicted molar refractivity (Wildman–Crippen MR) is 79.9 cm³/mol. The van der Waals surface area contributed by atoms with Crippen LogP contribution in [0.2, 0.25) is 0 Å². The van der Waals surface area contributed by atoms with Crippen LogP contribution in [-0.4, -0.2) is 27.4 Å². The van der Waals surface area contributed by atoms with Gasteiger partial charge in [-0.3, -0.25) is 0 Å². The van der Waals surface area contributed by atoms with Gasteiger partial charge < -0.3 is 14.8 Å². The van der Waals surface area contributed by atoms with E-state index in [1.165, 1.54) is 11.1 Å². The molecule has 0 radical (unpaired) electrons. The van der Waals surface area contributed by atoms with Crippen molar-refractivity contribution < 1.29 is 9.47 Å². The Labute approximate surface area is 117 Å². The van der Waals surface area contributed by atoms with Crippen LogP contribution in [0.5, 0.6) is 5.75 Å². The minimum atomic E-state index is 0.150. The van der Waals surface area contributed by atoms with Gasteiger partial charge in [0.15, 0.2) is 0 Å². The van der Waals surface area contributed by atoms with E-state index < -0.39 is 0 Å². The smallest absolute Gasteiger partial charge is 0.122 e. The summed E-state index contributed by atoms with van der Waals surface area (Å²) >= 11 is 0. The number of benzene rings is 1. The predicted octanol–water partition coefficient (Wildman–Crippen LogP) is 3.24. The molecule has 3 nitrogen and oxygen atoms in total. The summed E-state index contributed by atoms with van der Waals surface area (Å²) in [4.78, 5) is 0. The topological polar surface area (TPSA) is 30.5 Å². The van der Waals surface area contributed by atoms with Crippen molar-refractivity contribution in [2.45, 2.75) is 39.8 Å². The lowest BCUT2D eigenvalue weighted by Gasteiger charge is -2.30. The number of aryl methyl sites for hydroxylation is 2. The molecule has 0 amide bonds. The lowest BCUT2D eigenvalue weighted by Crippen LogP contribution is -2.35. The summed E-state index contributed by atoms with van der Waals surface area (Å²) in [5.74, 6) is 1.39. The van der Waals surface area contributed by atoms with Gasteiger partial charge in [0.1, 0.15) is 5.75 Å². The van der Waals surface area contributed by atoms with Crippen LogP contribution in [-0.2, 0) is 4.74 Å². The molecule has 0 heterocycles. The fourth-order valence-electron chi connectivity index (χ4n) is 2.66. The summed E-state index contributed by atoms with van der Waals surface area (Å²) in [7, 11) is 5.47. The highest BCUT2D eigenvalue weighted by molar-refractivity contribution is 5.43. The summed E-state index contributed by atoms with van der Waals surface area (Å²) in [6, 6.07) is 4.49. The number of ether oxygens (including phenoxy) is 2. The summed E-state index contributed by atoms with van der Waals surface area (Å²) in [6.07, 6.45) is 0.150. The Balaban J connectivity index is 3.21. The monoisotopic (exact) mass is 265 g/mol. The van der Waals surface area contributed by atoms with E-state index in [2.05, 4.69) is 45.1 Å². The molecule has 0 saturated carbocycles. The Morgan fingerprint density at radius 3 is 2.11 bits per heavy atom. The first kappa shape index (κ1) is 16.0. The van der Waals surface area contributed by atoms with E-state index in [-0.39, 0.29) is 12.1 Å². The van der Waals surface area contributed by atoms with Crippen LogP contribution in [0.1, 0.15) is 36.6 Å². The van der Waals surface area contributed by atoms with Gasteiger partial charge in [0.2, 0.25) is 0 Å². The number of likely N-dealkylation sites (N-methyl/N-ethyl adjacent to an activating group) is 1. The SMILES string of the molecule is CNC(c1cc(C)c(OC)cc1C)C(OC)C(C)C. The maximum Gasteiger partial charge on any atom is 0.122 e. The van der Waals surface area contributed by atoms with E-state index in [0.29, 0.717) is 5.92 Å². The Morgan fingerprint density at radius 1 is 1.05 bits per heavy atom. The second kappa shape index (κ2) is 6.92. The molecule has 0 fully saturated rings. The molecule has 0 aromatic heterocycles. The molecule has 2 atom stereocenters. The summed E-state index contributed by atoms with van der Waals surface area (Å²) in [5, 5.41) is 3.39. The Morgan fingerprint density at radius 2 is 1.68 bits per heavy atom. The van der Waals surface area contributed by atoms with Gasteiger partial charge in [-0.15, -0.1) is 0 Å². The minimum Gasteiger partial charge on any atom is -0.496 e. The first-order valence-electron chi connectivity index (χ1n) is 6.81. The minimum absolute atomic E-state index is 0.150. The number of rotatable bonds is 6. The van der Waals surface area contributed by atoms with Crippen molar-refractivity contribution in [3.63, 3.8) is 0 Å². The van der Waals surface area contributed by atoms with Gasteiger partial charge in [0.05, 0.1) is 19.3 Å². The average molecular weight is 265 g/mol. The molecule has 1 aromatic carbocycles. The van der Waals surface area contributed by atoms with Crippen molar-refractivity contribution >= 4 is 0 Å². The van der Waals surface area contributed by atoms with Gasteiger partial charge in [0.25, 0.3) is 0 Å². The first-order chi connectivity index (χ1) is 8.96. The molecule has 0 aliphatic rings. The molecule has 0 aliphatic carbocycles. The van der Waals surface area contributed by atoms with Crippen molar-refractivity contribution in [1.82, 2.24) is 5.32 Å². The number of methoxy groups -OCH3 is 2. The van der Waals surface area contributed by atoms with Crippen molar-refractivity contribution in [1.29, 1.82) is 0 Å². The Bertz CT molecular complexity index is 415. The average Bonchev–Trinajstić information content (AvgIpc) is 2.37. The van der Waals surface area contributed by atoms with Gasteiger partial charge >= 0.3 is 0 Å². The molecule has 0 bridgehead atoms. The van der Waals surface area contributed by atoms with E-state index in [0.717, 1.165) is 11.3 Å². The maximum absolute atomic E-state index is 5.68. The van der Waals surface area contributed by atoms with Crippen LogP contribution in [0.4, 0.5) is 0 Å². The number of hydrogen-bond donors (Lipinski definition) is 1. The first-order valence-corrected chi connectivity index (χ1v) is 6.81. The largest absolute Gasteiger partial charge is 0.496 e. The van der Waals surface area contributed by atoms with Crippen LogP contribution < -0.4 is 10.1 Å². The summed E-state index contributed by atoms with van der Waals surface area (Å²) < 4.78 is 11.1. The van der Waals surface area contributed by atoms with Crippen molar-refractivity contribution in [3.8, 4) is 5.75 Å². The molecule has 19 heavy (non-hydrogen) atoms. The second-order valence-electron chi connectivity index (χ2n) is 5.39. The van der Waals surface area contributed by atoms with E-state index in [1.807, 2.05) is 7.05 Å². The van der Waals surface area contributed by atoms with Gasteiger partial charge in [-0.2, -0.15) is 0 Å². The number of nitrogens with one attached hydrogen (secondary N) is 1. The highest BCUT2D eigenvalue weighted by Crippen LogP contribution is 2.31. The van der Waals surface area contributed by atoms with Crippen molar-refractivity contribution in [2.24, 2.45) is 5.92 Å². The molecular formula is C16H27NO2. The van der Waals surface area contributed by atoms with Crippen LogP contribution >= 0.6 is 0 Å². The van der Waals surface area contributed by atoms with Gasteiger partial charge in [0, 0.05) is 7.11 Å². The molecule has 108 valence electrons. The maximum atomic E-state index is 5.68. The molecule has 2 unspecified atom stereocenters. The summed E-state index contributed by atoms with van der Waals surface area (Å²) in [6.45, 7) is 8.56. The zero-order valence-corrected chi connectivity index (χ0v) is 13.2. The highest BCUT2D eigenvalue weighted by Gasteiger charge is 2.26. The molecule has 1 N–H and O–H groups in total. The quantitative estimate of drug-likeness (QED) is 0.856. The second-order valence-corrected chi connectivity index (χ2v) is 5.39. The van der Waals surface area contributed by atoms with E-state index in [9.17, 15) is 0 Å². The zero-order chi connectivity index (χ0) is 14.6. The van der Waals surface area contributed by atoms with Crippen molar-refractivity contribution in [2.75, 3.05) is 21.3 Å². The van der Waals surface area contributed by atoms with E-state index >= 15 is 0 Å². The van der Waals surface area contributed by atoms with Crippen LogP contribution in [0.15, 0.2) is 12.1 Å². The molecule has 0 spiro atoms. The molecular weight excluding hydrogens is 238 g/mol. The van der Waals surface area contributed by atoms with Crippen LogP contribution in [0.3, 0.4) is 0 Å². The van der Waals surface area contributed by atoms with Gasteiger partial charge in [-0.1, -0.05) is 19.9 Å². The van der Waals surface area contributed by atoms with Crippen LogP contribution in [0, 0.1) is 19.8 Å². The van der Waals surface area contributed by atoms with E-state index in [1.54, 1.807) is 14.2 Å². The van der Waals surface area contributed by atoms with Gasteiger partial charge in [-0.05, 0) is 49.6 Å². The highest BCUT2D eigenvalue weighted by atomic mass is 16.5. The van der Waals surface area contributed by atoms with E-state index in [4.69, 9.17) is 9.47 Å². The Kier molecular flexibility index (Phi) is 5.83. The number of hydrogen-bond acceptors (Lipinski definition) is 3. The zero-order valence-electron chi connectivity index (χ0n) is 13.2. The summed E-state index contributed by atoms with van der Waals surface area (Å²) in [5.41, 5.74) is 3.66. The fraction of sp³-hybridized carbons (Fsp3) is 0.625. The molecule has 1 aromatic rings. The standard InChI is InChI=1S/C16H27NO2/c1-10(2)16(19-7)15(17-5)13-8-12(4)14(18-6)9-11(13)3/h8-10,15-17H,1-7H3. The third-order valence-electron chi connectivity index (χ3n) is 3.69. The third-order valence-corrected chi connectivity index (χ3v) is 3.69. The van der Waals surface area contributed by atoms with Crippen LogP contribution in [0.25, 0.3) is 0 Å². The lowest BCUT2D eigenvalue weighted by atomic mass is 9.90. The Hall–Kier alpha value is -1.06. The molecule has 0 saturated heterocycles. The third kappa shape index (κ3) is 3.48. The molecule has 3 heteroatoms. The molecule has 0 aliphatic heterocycles. The molecule has 1 rings (SSSR count). The normalized spacial score (nSPS) is 14.5. The lowest BCUT2D eigenvalue weighted by molar-refractivity contribution is 0.0346. The fourth-order valence-corrected chi connectivity index (χ4v) is 2.66. The van der Waals surface area contributed by atoms with Gasteiger partial charge in [-0.25, -0.2) is 0 Å².